The van der Waals surface area contributed by atoms with Crippen LogP contribution in [-0.2, 0) is 32.0 Å². The van der Waals surface area contributed by atoms with E-state index in [-0.39, 0.29) is 42.4 Å². The lowest BCUT2D eigenvalue weighted by Crippen LogP contribution is -2.36. The van der Waals surface area contributed by atoms with Crippen molar-refractivity contribution >= 4 is 41.1 Å². The van der Waals surface area contributed by atoms with Crippen LogP contribution >= 0.6 is 11.8 Å². The Bertz CT molecular complexity index is 1990. The second kappa shape index (κ2) is 29.3. The van der Waals surface area contributed by atoms with Crippen LogP contribution in [-0.4, -0.2) is 115 Å². The fourth-order valence-corrected chi connectivity index (χ4v) is 9.85. The molecule has 2 aliphatic heterocycles. The average Bonchev–Trinajstić information content (AvgIpc) is 4.07. The summed E-state index contributed by atoms with van der Waals surface area (Å²) in [5.41, 5.74) is 4.53. The Labute approximate surface area is 401 Å². The number of urea groups is 1. The van der Waals surface area contributed by atoms with Gasteiger partial charge in [0, 0.05) is 73.2 Å². The van der Waals surface area contributed by atoms with Crippen molar-refractivity contribution in [2.24, 2.45) is 5.92 Å². The molecule has 372 valence electrons. The summed E-state index contributed by atoms with van der Waals surface area (Å²) >= 11 is 1.89. The fourth-order valence-electron chi connectivity index (χ4n) is 8.30. The van der Waals surface area contributed by atoms with Gasteiger partial charge in [-0.15, -0.1) is 0 Å². The summed E-state index contributed by atoms with van der Waals surface area (Å²) in [6, 6.07) is 10.6. The second-order valence-corrected chi connectivity index (χ2v) is 18.7. The Morgan fingerprint density at radius 1 is 0.910 bits per heavy atom. The lowest BCUT2D eigenvalue weighted by atomic mass is 10.0. The highest BCUT2D eigenvalue weighted by atomic mass is 32.2. The van der Waals surface area contributed by atoms with E-state index in [4.69, 9.17) is 24.0 Å². The van der Waals surface area contributed by atoms with Crippen molar-refractivity contribution in [1.29, 1.82) is 0 Å². The molecule has 4 atom stereocenters. The van der Waals surface area contributed by atoms with Crippen LogP contribution in [0, 0.1) is 11.7 Å². The van der Waals surface area contributed by atoms with Gasteiger partial charge in [0.25, 0.3) is 0 Å². The number of aliphatic hydroxyl groups is 1. The number of halogens is 1. The van der Waals surface area contributed by atoms with Gasteiger partial charge in [-0.05, 0) is 74.4 Å². The van der Waals surface area contributed by atoms with E-state index >= 15 is 0 Å². The standard InChI is InChI=1S/C42H58FN7O8S.C8H18/c1-2-57-34-24-28-23-32-40(31(28)26-35(34)58-18-8-17-51)50(49-41(32)46-30-10-7-9-29(43)25-30)16-20-56-22-21-55-19-15-45-38(53)13-5-6-14-44-37(52)12-4-3-11-36-39-33(27-59-36)47-42(54)48-39;1-4-6-7-8(3)5-2/h7,9-10,24-26,33,36,39,51H,2-6,8,11-23,27H2,1H3,(H,44,52)(H,45,53)(H,46,49)(H2,47,48,54);8H,4-7H2,1-3H3. The Morgan fingerprint density at radius 3 is 2.42 bits per heavy atom. The molecule has 67 heavy (non-hydrogen) atoms. The zero-order valence-electron chi connectivity index (χ0n) is 40.2. The van der Waals surface area contributed by atoms with E-state index < -0.39 is 0 Å². The third-order valence-electron chi connectivity index (χ3n) is 12.2. The highest BCUT2D eigenvalue weighted by Gasteiger charge is 2.42. The minimum Gasteiger partial charge on any atom is -0.490 e. The van der Waals surface area contributed by atoms with Crippen molar-refractivity contribution in [2.75, 3.05) is 70.4 Å². The van der Waals surface area contributed by atoms with Gasteiger partial charge in [0.05, 0.1) is 64.0 Å². The Morgan fingerprint density at radius 2 is 1.67 bits per heavy atom. The molecule has 1 aromatic heterocycles. The van der Waals surface area contributed by atoms with E-state index in [1.165, 1.54) is 37.8 Å². The van der Waals surface area contributed by atoms with Crippen molar-refractivity contribution in [3.63, 3.8) is 0 Å². The maximum Gasteiger partial charge on any atom is 0.315 e. The minimum atomic E-state index is -0.343. The summed E-state index contributed by atoms with van der Waals surface area (Å²) in [7, 11) is 0. The normalized spacial score (nSPS) is 17.0. The quantitative estimate of drug-likeness (QED) is 0.0213. The topological polar surface area (TPSA) is 186 Å². The SMILES string of the molecule is CCCCC(C)CC.CCOc1cc2c(cc1OCCCO)-c1c(c(Nc3cccc(F)c3)nn1CCOCCOCCNC(=O)CCCCNC(=O)CCCCC1SCC3NC(=O)NC31)C2. The van der Waals surface area contributed by atoms with Crippen molar-refractivity contribution in [3.05, 3.63) is 53.3 Å². The number of benzene rings is 2. The second-order valence-electron chi connectivity index (χ2n) is 17.4. The monoisotopic (exact) mass is 954 g/mol. The number of carbonyl (C=O) groups excluding carboxylic acids is 3. The Hall–Kier alpha value is -4.58. The van der Waals surface area contributed by atoms with Crippen LogP contribution in [0.2, 0.25) is 0 Å². The molecule has 2 fully saturated rings. The number of rotatable bonds is 31. The Balaban J connectivity index is 0.000000961. The molecule has 0 radical (unpaired) electrons. The van der Waals surface area contributed by atoms with E-state index in [1.807, 2.05) is 35.5 Å². The lowest BCUT2D eigenvalue weighted by molar-refractivity contribution is -0.121. The first kappa shape index (κ1) is 53.4. The molecule has 17 heteroatoms. The number of nitrogens with one attached hydrogen (secondary N) is 5. The summed E-state index contributed by atoms with van der Waals surface area (Å²) in [5, 5.41) is 29.6. The van der Waals surface area contributed by atoms with Gasteiger partial charge >= 0.3 is 6.03 Å². The number of nitrogens with zero attached hydrogens (tertiary/aromatic N) is 2. The van der Waals surface area contributed by atoms with E-state index in [0.29, 0.717) is 120 Å². The summed E-state index contributed by atoms with van der Waals surface area (Å²) in [6.07, 6.45) is 11.7. The molecule has 0 saturated carbocycles. The molecule has 3 aliphatic rings. The first-order valence-electron chi connectivity index (χ1n) is 24.7. The number of unbranched alkanes of at least 4 members (excludes halogenated alkanes) is 3. The van der Waals surface area contributed by atoms with Gasteiger partial charge in [-0.1, -0.05) is 58.9 Å². The number of amides is 4. The van der Waals surface area contributed by atoms with Crippen LogP contribution in [0.3, 0.4) is 0 Å². The first-order chi connectivity index (χ1) is 32.6. The summed E-state index contributed by atoms with van der Waals surface area (Å²) in [6.45, 7) is 12.5. The largest absolute Gasteiger partial charge is 0.490 e. The lowest BCUT2D eigenvalue weighted by Gasteiger charge is -2.16. The maximum atomic E-state index is 14.0. The average molecular weight is 954 g/mol. The van der Waals surface area contributed by atoms with E-state index in [2.05, 4.69) is 47.4 Å². The summed E-state index contributed by atoms with van der Waals surface area (Å²) in [4.78, 5) is 36.0. The van der Waals surface area contributed by atoms with Gasteiger partial charge < -0.3 is 50.6 Å². The predicted molar refractivity (Wildman–Crippen MR) is 263 cm³/mol. The van der Waals surface area contributed by atoms with Gasteiger partial charge in [-0.2, -0.15) is 16.9 Å². The molecular formula is C50H76FN7O8S. The zero-order valence-corrected chi connectivity index (χ0v) is 41.0. The third-order valence-corrected chi connectivity index (χ3v) is 13.7. The smallest absolute Gasteiger partial charge is 0.315 e. The molecule has 0 spiro atoms. The van der Waals surface area contributed by atoms with Crippen LogP contribution in [0.4, 0.5) is 20.7 Å². The highest BCUT2D eigenvalue weighted by Crippen LogP contribution is 2.46. The predicted octanol–water partition coefficient (Wildman–Crippen LogP) is 7.88. The molecule has 6 N–H and O–H groups in total. The third kappa shape index (κ3) is 17.5. The number of fused-ring (bicyclic) bond motifs is 4. The van der Waals surface area contributed by atoms with Crippen LogP contribution in [0.25, 0.3) is 11.3 Å². The molecule has 3 aromatic rings. The van der Waals surface area contributed by atoms with Gasteiger partial charge in [0.2, 0.25) is 11.8 Å². The maximum absolute atomic E-state index is 14.0. The highest BCUT2D eigenvalue weighted by molar-refractivity contribution is 8.00. The summed E-state index contributed by atoms with van der Waals surface area (Å²) < 4.78 is 39.4. The first-order valence-corrected chi connectivity index (χ1v) is 25.7. The molecule has 3 heterocycles. The Kier molecular flexibility index (Phi) is 23.4. The van der Waals surface area contributed by atoms with Gasteiger partial charge in [-0.25, -0.2) is 9.18 Å². The molecule has 6 rings (SSSR count). The van der Waals surface area contributed by atoms with Crippen molar-refractivity contribution < 1.29 is 42.8 Å². The van der Waals surface area contributed by atoms with Crippen LogP contribution in [0.15, 0.2) is 36.4 Å². The van der Waals surface area contributed by atoms with Gasteiger partial charge in [0.1, 0.15) is 5.82 Å². The number of aliphatic hydroxyl groups excluding tert-OH is 1. The van der Waals surface area contributed by atoms with Crippen molar-refractivity contribution in [3.8, 4) is 22.8 Å². The molecule has 0 bridgehead atoms. The van der Waals surface area contributed by atoms with E-state index in [0.717, 1.165) is 59.7 Å². The van der Waals surface area contributed by atoms with Gasteiger partial charge in [-0.3, -0.25) is 14.3 Å². The molecular weight excluding hydrogens is 878 g/mol. The zero-order chi connectivity index (χ0) is 47.8. The summed E-state index contributed by atoms with van der Waals surface area (Å²) in [5.74, 6) is 3.42. The molecule has 2 aromatic carbocycles. The number of hydrogen-bond donors (Lipinski definition) is 6. The number of thioether (sulfide) groups is 1. The van der Waals surface area contributed by atoms with Crippen LogP contribution < -0.4 is 36.1 Å². The van der Waals surface area contributed by atoms with Gasteiger partial charge in [0.15, 0.2) is 17.3 Å². The number of anilines is 2. The molecule has 4 amide bonds. The van der Waals surface area contributed by atoms with Crippen molar-refractivity contribution in [2.45, 2.75) is 135 Å². The molecule has 2 saturated heterocycles. The fraction of sp³-hybridized carbons (Fsp3) is 0.640. The van der Waals surface area contributed by atoms with Crippen LogP contribution in [0.5, 0.6) is 11.5 Å². The van der Waals surface area contributed by atoms with Crippen LogP contribution in [0.1, 0.15) is 116 Å². The molecule has 4 unspecified atom stereocenters. The number of aromatic nitrogens is 2. The number of ether oxygens (including phenoxy) is 4. The van der Waals surface area contributed by atoms with Crippen molar-refractivity contribution in [1.82, 2.24) is 31.0 Å². The number of carbonyl (C=O) groups is 3. The number of hydrogen-bond acceptors (Lipinski definition) is 11. The minimum absolute atomic E-state index is 0.0274. The molecule has 1 aliphatic carbocycles. The molecule has 15 nitrogen and oxygen atoms in total. The van der Waals surface area contributed by atoms with E-state index in [1.54, 1.807) is 12.1 Å². The van der Waals surface area contributed by atoms with E-state index in [9.17, 15) is 23.9 Å².